The Bertz CT molecular complexity index is 1380. The van der Waals surface area contributed by atoms with Crippen LogP contribution in [-0.2, 0) is 26.2 Å². The minimum atomic E-state index is -4.08. The Balaban J connectivity index is 1.68. The van der Waals surface area contributed by atoms with E-state index < -0.39 is 28.5 Å². The highest BCUT2D eigenvalue weighted by Gasteiger charge is 2.34. The fourth-order valence-corrected chi connectivity index (χ4v) is 6.94. The van der Waals surface area contributed by atoms with Gasteiger partial charge in [0.25, 0.3) is 10.0 Å². The second-order valence-corrected chi connectivity index (χ2v) is 12.9. The molecule has 1 saturated carbocycles. The number of anilines is 1. The second-order valence-electron chi connectivity index (χ2n) is 10.1. The summed E-state index contributed by atoms with van der Waals surface area (Å²) < 4.78 is 29.5. The molecule has 0 unspecified atom stereocenters. The highest BCUT2D eigenvalue weighted by atomic mass is 79.9. The highest BCUT2D eigenvalue weighted by molar-refractivity contribution is 9.10. The maximum Gasteiger partial charge on any atom is 0.264 e. The van der Waals surface area contributed by atoms with Crippen LogP contribution in [0.4, 0.5) is 5.69 Å². The number of rotatable bonds is 11. The van der Waals surface area contributed by atoms with Crippen molar-refractivity contribution in [3.05, 3.63) is 95.0 Å². The van der Waals surface area contributed by atoms with Crippen LogP contribution in [0.5, 0.6) is 0 Å². The van der Waals surface area contributed by atoms with E-state index in [4.69, 9.17) is 0 Å². The van der Waals surface area contributed by atoms with E-state index in [-0.39, 0.29) is 23.4 Å². The Labute approximate surface area is 245 Å². The van der Waals surface area contributed by atoms with Gasteiger partial charge in [0.1, 0.15) is 12.6 Å². The zero-order chi connectivity index (χ0) is 28.5. The van der Waals surface area contributed by atoms with Gasteiger partial charge >= 0.3 is 0 Å². The molecule has 2 amide bonds. The predicted molar refractivity (Wildman–Crippen MR) is 161 cm³/mol. The molecule has 0 bridgehead atoms. The lowest BCUT2D eigenvalue weighted by Crippen LogP contribution is -2.54. The summed E-state index contributed by atoms with van der Waals surface area (Å²) in [4.78, 5) is 29.3. The molecule has 0 saturated heterocycles. The van der Waals surface area contributed by atoms with Crippen LogP contribution in [-0.4, -0.2) is 43.8 Å². The first-order valence-electron chi connectivity index (χ1n) is 13.8. The molecule has 1 fully saturated rings. The lowest BCUT2D eigenvalue weighted by atomic mass is 9.95. The molecule has 4 rings (SSSR count). The molecule has 0 aromatic heterocycles. The van der Waals surface area contributed by atoms with E-state index in [2.05, 4.69) is 21.2 Å². The molecule has 9 heteroatoms. The molecular formula is C31H36BrN3O4S. The zero-order valence-corrected chi connectivity index (χ0v) is 25.1. The monoisotopic (exact) mass is 625 g/mol. The van der Waals surface area contributed by atoms with Gasteiger partial charge in [-0.2, -0.15) is 0 Å². The van der Waals surface area contributed by atoms with Crippen LogP contribution in [0.3, 0.4) is 0 Å². The minimum Gasteiger partial charge on any atom is -0.352 e. The molecule has 1 aliphatic rings. The molecule has 1 aliphatic carbocycles. The van der Waals surface area contributed by atoms with Crippen molar-refractivity contribution in [2.24, 2.45) is 0 Å². The smallest absolute Gasteiger partial charge is 0.264 e. The van der Waals surface area contributed by atoms with E-state index in [0.717, 1.165) is 35.6 Å². The minimum absolute atomic E-state index is 0.0828. The van der Waals surface area contributed by atoms with Gasteiger partial charge in [0.2, 0.25) is 11.8 Å². The average molecular weight is 627 g/mol. The maximum absolute atomic E-state index is 14.1. The Hall–Kier alpha value is -3.17. The fraction of sp³-hybridized carbons (Fsp3) is 0.355. The molecule has 3 aromatic carbocycles. The number of amides is 2. The third-order valence-corrected chi connectivity index (χ3v) is 9.52. The van der Waals surface area contributed by atoms with Crippen molar-refractivity contribution in [2.45, 2.75) is 69.0 Å². The Morgan fingerprint density at radius 3 is 2.20 bits per heavy atom. The van der Waals surface area contributed by atoms with E-state index in [1.54, 1.807) is 42.5 Å². The maximum atomic E-state index is 14.1. The van der Waals surface area contributed by atoms with E-state index in [0.29, 0.717) is 16.6 Å². The third kappa shape index (κ3) is 7.52. The number of nitrogens with one attached hydrogen (secondary N) is 1. The van der Waals surface area contributed by atoms with Gasteiger partial charge in [-0.3, -0.25) is 13.9 Å². The van der Waals surface area contributed by atoms with Crippen molar-refractivity contribution in [3.8, 4) is 0 Å². The van der Waals surface area contributed by atoms with E-state index in [1.807, 2.05) is 37.3 Å². The van der Waals surface area contributed by atoms with E-state index in [9.17, 15) is 18.0 Å². The molecule has 0 heterocycles. The molecule has 212 valence electrons. The molecular weight excluding hydrogens is 590 g/mol. The number of hydrogen-bond donors (Lipinski definition) is 1. The first-order valence-corrected chi connectivity index (χ1v) is 16.0. The van der Waals surface area contributed by atoms with E-state index >= 15 is 0 Å². The number of halogens is 1. The summed E-state index contributed by atoms with van der Waals surface area (Å²) in [5.74, 6) is -0.646. The van der Waals surface area contributed by atoms with Crippen molar-refractivity contribution >= 4 is 43.5 Å². The number of carbonyl (C=O) groups is 2. The van der Waals surface area contributed by atoms with Crippen LogP contribution in [0.25, 0.3) is 0 Å². The van der Waals surface area contributed by atoms with Crippen LogP contribution in [0, 0.1) is 0 Å². The van der Waals surface area contributed by atoms with Crippen molar-refractivity contribution in [2.75, 3.05) is 10.8 Å². The van der Waals surface area contributed by atoms with Gasteiger partial charge in [-0.15, -0.1) is 0 Å². The summed E-state index contributed by atoms with van der Waals surface area (Å²) >= 11 is 3.42. The number of benzene rings is 3. The van der Waals surface area contributed by atoms with Crippen LogP contribution in [0.2, 0.25) is 0 Å². The molecule has 1 atom stereocenters. The Morgan fingerprint density at radius 1 is 0.925 bits per heavy atom. The number of nitrogens with zero attached hydrogens (tertiary/aromatic N) is 2. The summed E-state index contributed by atoms with van der Waals surface area (Å²) in [5.41, 5.74) is 1.21. The number of sulfonamides is 1. The van der Waals surface area contributed by atoms with Gasteiger partial charge in [-0.05, 0) is 55.2 Å². The zero-order valence-electron chi connectivity index (χ0n) is 22.7. The van der Waals surface area contributed by atoms with Gasteiger partial charge in [0.05, 0.1) is 10.6 Å². The molecule has 0 spiro atoms. The lowest BCUT2D eigenvalue weighted by Gasteiger charge is -2.34. The van der Waals surface area contributed by atoms with Crippen LogP contribution in [0.15, 0.2) is 94.3 Å². The quantitative estimate of drug-likeness (QED) is 0.287. The van der Waals surface area contributed by atoms with Gasteiger partial charge in [-0.1, -0.05) is 96.7 Å². The van der Waals surface area contributed by atoms with Gasteiger partial charge in [0.15, 0.2) is 0 Å². The van der Waals surface area contributed by atoms with Crippen LogP contribution < -0.4 is 9.62 Å². The van der Waals surface area contributed by atoms with Gasteiger partial charge < -0.3 is 10.2 Å². The predicted octanol–water partition coefficient (Wildman–Crippen LogP) is 5.90. The first-order chi connectivity index (χ1) is 19.3. The Kier molecular flexibility index (Phi) is 10.4. The topological polar surface area (TPSA) is 86.8 Å². The van der Waals surface area contributed by atoms with Crippen molar-refractivity contribution in [1.82, 2.24) is 10.2 Å². The highest BCUT2D eigenvalue weighted by Crippen LogP contribution is 2.27. The molecule has 40 heavy (non-hydrogen) atoms. The van der Waals surface area contributed by atoms with Crippen LogP contribution >= 0.6 is 15.9 Å². The molecule has 0 aliphatic heterocycles. The standard InChI is InChI=1S/C31H36BrN3O4S/c1-2-29(31(37)33-26-16-8-4-9-17-26)34(22-24-13-6-3-7-14-24)30(36)23-35(27-18-12-15-25(32)21-27)40(38,39)28-19-10-5-11-20-28/h3,5-7,10-15,18-21,26,29H,2,4,8-9,16-17,22-23H2,1H3,(H,33,37)/t29-/m1/s1. The van der Waals surface area contributed by atoms with Crippen molar-refractivity contribution in [1.29, 1.82) is 0 Å². The lowest BCUT2D eigenvalue weighted by molar-refractivity contribution is -0.140. The molecule has 1 N–H and O–H groups in total. The SMILES string of the molecule is CC[C@H](C(=O)NC1CCCCC1)N(Cc1ccccc1)C(=O)CN(c1cccc(Br)c1)S(=O)(=O)c1ccccc1. The number of carbonyl (C=O) groups excluding carboxylic acids is 2. The Morgan fingerprint density at radius 2 is 1.57 bits per heavy atom. The summed E-state index contributed by atoms with van der Waals surface area (Å²) in [6.45, 7) is 1.62. The van der Waals surface area contributed by atoms with Crippen molar-refractivity contribution < 1.29 is 18.0 Å². The van der Waals surface area contributed by atoms with Gasteiger partial charge in [-0.25, -0.2) is 8.42 Å². The first kappa shape index (κ1) is 29.8. The van der Waals surface area contributed by atoms with Crippen LogP contribution in [0.1, 0.15) is 51.0 Å². The van der Waals surface area contributed by atoms with Crippen molar-refractivity contribution in [3.63, 3.8) is 0 Å². The normalized spacial score (nSPS) is 14.8. The van der Waals surface area contributed by atoms with E-state index in [1.165, 1.54) is 23.5 Å². The second kappa shape index (κ2) is 13.9. The molecule has 7 nitrogen and oxygen atoms in total. The molecule has 3 aromatic rings. The summed E-state index contributed by atoms with van der Waals surface area (Å²) in [5, 5.41) is 3.17. The third-order valence-electron chi connectivity index (χ3n) is 7.24. The number of hydrogen-bond acceptors (Lipinski definition) is 4. The largest absolute Gasteiger partial charge is 0.352 e. The summed E-state index contributed by atoms with van der Waals surface area (Å²) in [7, 11) is -4.08. The fourth-order valence-electron chi connectivity index (χ4n) is 5.12. The summed E-state index contributed by atoms with van der Waals surface area (Å²) in [6.07, 6.45) is 5.59. The van der Waals surface area contributed by atoms with Gasteiger partial charge in [0, 0.05) is 17.1 Å². The average Bonchev–Trinajstić information content (AvgIpc) is 2.97. The summed E-state index contributed by atoms with van der Waals surface area (Å²) in [6, 6.07) is 23.7. The molecule has 0 radical (unpaired) electrons.